The number of carbonyl (C=O) groups is 4. The molecule has 156 valence electrons. The Morgan fingerprint density at radius 2 is 1.83 bits per heavy atom. The van der Waals surface area contributed by atoms with Gasteiger partial charge in [-0.2, -0.15) is 0 Å². The number of rotatable bonds is 6. The second-order valence-electron chi connectivity index (χ2n) is 6.82. The van der Waals surface area contributed by atoms with Gasteiger partial charge in [-0.1, -0.05) is 18.2 Å². The van der Waals surface area contributed by atoms with E-state index in [1.54, 1.807) is 31.2 Å². The highest BCUT2D eigenvalue weighted by molar-refractivity contribution is 5.98. The lowest BCUT2D eigenvalue weighted by atomic mass is 10.1. The molecule has 3 amide bonds. The molecule has 2 aromatic carbocycles. The first kappa shape index (κ1) is 21.0. The minimum atomic E-state index is -0.798. The second-order valence-corrected chi connectivity index (χ2v) is 6.82. The van der Waals surface area contributed by atoms with Gasteiger partial charge in [-0.3, -0.25) is 29.6 Å². The van der Waals surface area contributed by atoms with Crippen molar-refractivity contribution >= 4 is 29.4 Å². The zero-order chi connectivity index (χ0) is 21.7. The highest BCUT2D eigenvalue weighted by Crippen LogP contribution is 2.18. The number of hydrazine groups is 1. The lowest BCUT2D eigenvalue weighted by Crippen LogP contribution is -2.43. The van der Waals surface area contributed by atoms with Gasteiger partial charge in [-0.05, 0) is 42.8 Å². The van der Waals surface area contributed by atoms with Crippen LogP contribution in [0.15, 0.2) is 48.5 Å². The van der Waals surface area contributed by atoms with E-state index < -0.39 is 42.0 Å². The molecule has 0 aliphatic carbocycles. The summed E-state index contributed by atoms with van der Waals surface area (Å²) in [5, 5.41) is 3.55. The van der Waals surface area contributed by atoms with E-state index >= 15 is 0 Å². The summed E-state index contributed by atoms with van der Waals surface area (Å²) in [6.07, 6.45) is -0.132. The van der Waals surface area contributed by atoms with Crippen molar-refractivity contribution in [3.63, 3.8) is 0 Å². The summed E-state index contributed by atoms with van der Waals surface area (Å²) in [7, 11) is 0. The zero-order valence-corrected chi connectivity index (χ0v) is 16.2. The number of carbonyl (C=O) groups excluding carboxylic acids is 4. The Morgan fingerprint density at radius 3 is 2.53 bits per heavy atom. The summed E-state index contributed by atoms with van der Waals surface area (Å²) in [6.45, 7) is 1.18. The molecule has 0 aromatic heterocycles. The highest BCUT2D eigenvalue weighted by atomic mass is 19.1. The topological polar surface area (TPSA) is 105 Å². The van der Waals surface area contributed by atoms with Crippen molar-refractivity contribution in [1.29, 1.82) is 0 Å². The number of hydrogen-bond donors (Lipinski definition) is 2. The quantitative estimate of drug-likeness (QED) is 0.703. The van der Waals surface area contributed by atoms with E-state index in [0.717, 1.165) is 10.6 Å². The van der Waals surface area contributed by atoms with E-state index in [2.05, 4.69) is 10.7 Å². The van der Waals surface area contributed by atoms with E-state index in [1.165, 1.54) is 24.3 Å². The van der Waals surface area contributed by atoms with Gasteiger partial charge < -0.3 is 10.1 Å². The van der Waals surface area contributed by atoms with Gasteiger partial charge in [0, 0.05) is 17.7 Å². The van der Waals surface area contributed by atoms with E-state index in [4.69, 9.17) is 4.74 Å². The molecule has 1 atom stereocenters. The largest absolute Gasteiger partial charge is 0.455 e. The Kier molecular flexibility index (Phi) is 6.41. The Morgan fingerprint density at radius 1 is 1.13 bits per heavy atom. The summed E-state index contributed by atoms with van der Waals surface area (Å²) in [4.78, 5) is 48.6. The van der Waals surface area contributed by atoms with Crippen molar-refractivity contribution < 1.29 is 28.3 Å². The van der Waals surface area contributed by atoms with Crippen LogP contribution < -0.4 is 10.7 Å². The average molecular weight is 413 g/mol. The molecular weight excluding hydrogens is 393 g/mol. The van der Waals surface area contributed by atoms with Gasteiger partial charge >= 0.3 is 5.97 Å². The number of esters is 1. The Labute approximate surface area is 172 Å². The molecule has 0 saturated carbocycles. The summed E-state index contributed by atoms with van der Waals surface area (Å²) in [5.41, 5.74) is 4.04. The number of nitrogens with one attached hydrogen (secondary N) is 2. The number of aryl methyl sites for hydroxylation is 1. The van der Waals surface area contributed by atoms with Gasteiger partial charge in [0.1, 0.15) is 5.82 Å². The van der Waals surface area contributed by atoms with Crippen LogP contribution in [0.4, 0.5) is 10.1 Å². The van der Waals surface area contributed by atoms with Crippen molar-refractivity contribution in [2.45, 2.75) is 13.3 Å². The molecule has 1 fully saturated rings. The van der Waals surface area contributed by atoms with E-state index in [-0.39, 0.29) is 13.0 Å². The van der Waals surface area contributed by atoms with Crippen LogP contribution in [0.25, 0.3) is 0 Å². The van der Waals surface area contributed by atoms with E-state index in [1.807, 2.05) is 0 Å². The Bertz CT molecular complexity index is 977. The van der Waals surface area contributed by atoms with Gasteiger partial charge in [0.2, 0.25) is 5.91 Å². The third-order valence-electron chi connectivity index (χ3n) is 4.56. The van der Waals surface area contributed by atoms with Gasteiger partial charge in [-0.15, -0.1) is 0 Å². The lowest BCUT2D eigenvalue weighted by Gasteiger charge is -2.18. The summed E-state index contributed by atoms with van der Waals surface area (Å²) in [6, 6.07) is 12.0. The standard InChI is InChI=1S/C21H20FN3O5/c1-13-4-2-3-5-17(13)20(28)24-25-11-14(10-19(25)27)21(29)30-12-18(26)23-16-8-6-15(22)7-9-16/h2-9,14H,10-12H2,1H3,(H,23,26)(H,24,28)/t14-/m1/s1. The minimum Gasteiger partial charge on any atom is -0.455 e. The molecule has 3 rings (SSSR count). The van der Waals surface area contributed by atoms with Crippen LogP contribution in [0, 0.1) is 18.7 Å². The molecule has 9 heteroatoms. The van der Waals surface area contributed by atoms with Crippen molar-refractivity contribution in [1.82, 2.24) is 10.4 Å². The lowest BCUT2D eigenvalue weighted by molar-refractivity contribution is -0.151. The maximum atomic E-state index is 12.9. The Balaban J connectivity index is 1.48. The van der Waals surface area contributed by atoms with Crippen molar-refractivity contribution in [3.05, 3.63) is 65.5 Å². The number of anilines is 1. The fourth-order valence-corrected chi connectivity index (χ4v) is 2.97. The normalized spacial score (nSPS) is 15.6. The number of amides is 3. The van der Waals surface area contributed by atoms with Crippen LogP contribution in [-0.2, 0) is 19.1 Å². The maximum Gasteiger partial charge on any atom is 0.311 e. The predicted molar refractivity (Wildman–Crippen MR) is 104 cm³/mol. The van der Waals surface area contributed by atoms with E-state index in [9.17, 15) is 23.6 Å². The Hall–Kier alpha value is -3.75. The van der Waals surface area contributed by atoms with Crippen LogP contribution >= 0.6 is 0 Å². The SMILES string of the molecule is Cc1ccccc1C(=O)NN1C[C@H](C(=O)OCC(=O)Nc2ccc(F)cc2)CC1=O. The smallest absolute Gasteiger partial charge is 0.311 e. The predicted octanol–water partition coefficient (Wildman–Crippen LogP) is 1.81. The molecule has 0 radical (unpaired) electrons. The highest BCUT2D eigenvalue weighted by Gasteiger charge is 2.36. The minimum absolute atomic E-state index is 0.0468. The zero-order valence-electron chi connectivity index (χ0n) is 16.2. The molecule has 1 heterocycles. The van der Waals surface area contributed by atoms with Gasteiger partial charge in [0.05, 0.1) is 12.5 Å². The van der Waals surface area contributed by atoms with Crippen LogP contribution in [-0.4, -0.2) is 41.9 Å². The second kappa shape index (κ2) is 9.17. The number of ether oxygens (including phenoxy) is 1. The number of hydrogen-bond acceptors (Lipinski definition) is 5. The fraction of sp³-hybridized carbons (Fsp3) is 0.238. The molecule has 2 N–H and O–H groups in total. The molecule has 0 spiro atoms. The van der Waals surface area contributed by atoms with Crippen LogP contribution in [0.1, 0.15) is 22.3 Å². The molecule has 1 saturated heterocycles. The molecule has 0 unspecified atom stereocenters. The number of halogens is 1. The number of benzene rings is 2. The summed E-state index contributed by atoms with van der Waals surface area (Å²) >= 11 is 0. The van der Waals surface area contributed by atoms with Crippen molar-refractivity contribution in [2.75, 3.05) is 18.5 Å². The van der Waals surface area contributed by atoms with Crippen molar-refractivity contribution in [3.8, 4) is 0 Å². The first-order valence-corrected chi connectivity index (χ1v) is 9.22. The average Bonchev–Trinajstić information content (AvgIpc) is 3.08. The molecular formula is C21H20FN3O5. The first-order valence-electron chi connectivity index (χ1n) is 9.22. The molecule has 1 aliphatic heterocycles. The maximum absolute atomic E-state index is 12.9. The first-order chi connectivity index (χ1) is 14.3. The molecule has 0 bridgehead atoms. The van der Waals surface area contributed by atoms with E-state index in [0.29, 0.717) is 11.3 Å². The van der Waals surface area contributed by atoms with Gasteiger partial charge in [-0.25, -0.2) is 4.39 Å². The van der Waals surface area contributed by atoms with Crippen LogP contribution in [0.3, 0.4) is 0 Å². The molecule has 8 nitrogen and oxygen atoms in total. The molecule has 1 aliphatic rings. The van der Waals surface area contributed by atoms with Crippen molar-refractivity contribution in [2.24, 2.45) is 5.92 Å². The summed E-state index contributed by atoms with van der Waals surface area (Å²) < 4.78 is 17.8. The number of nitrogens with zero attached hydrogens (tertiary/aromatic N) is 1. The van der Waals surface area contributed by atoms with Crippen LogP contribution in [0.2, 0.25) is 0 Å². The summed E-state index contributed by atoms with van der Waals surface area (Å²) in [5.74, 6) is -3.42. The van der Waals surface area contributed by atoms with Gasteiger partial charge in [0.15, 0.2) is 6.61 Å². The molecule has 30 heavy (non-hydrogen) atoms. The third kappa shape index (κ3) is 5.19. The third-order valence-corrected chi connectivity index (χ3v) is 4.56. The fourth-order valence-electron chi connectivity index (χ4n) is 2.97. The van der Waals surface area contributed by atoms with Crippen LogP contribution in [0.5, 0.6) is 0 Å². The molecule has 2 aromatic rings. The van der Waals surface area contributed by atoms with Gasteiger partial charge in [0.25, 0.3) is 11.8 Å². The monoisotopic (exact) mass is 413 g/mol.